The van der Waals surface area contributed by atoms with Gasteiger partial charge in [0.15, 0.2) is 0 Å². The number of ether oxygens (including phenoxy) is 1. The number of nitrogens with two attached hydrogens (primary N) is 1. The zero-order valence-corrected chi connectivity index (χ0v) is 13.9. The van der Waals surface area contributed by atoms with Crippen LogP contribution in [0, 0.1) is 5.92 Å². The van der Waals surface area contributed by atoms with Crippen LogP contribution < -0.4 is 10.5 Å². The van der Waals surface area contributed by atoms with Crippen LogP contribution in [0.25, 0.3) is 0 Å². The summed E-state index contributed by atoms with van der Waals surface area (Å²) in [6, 6.07) is 6.60. The van der Waals surface area contributed by atoms with E-state index in [9.17, 15) is 13.6 Å². The molecule has 6 heteroatoms. The summed E-state index contributed by atoms with van der Waals surface area (Å²) in [5.74, 6) is 0.468. The summed E-state index contributed by atoms with van der Waals surface area (Å²) < 4.78 is 29.1. The van der Waals surface area contributed by atoms with Crippen LogP contribution in [0.3, 0.4) is 0 Å². The molecule has 2 rings (SSSR count). The zero-order chi connectivity index (χ0) is 17.4. The Kier molecular flexibility index (Phi) is 7.43. The van der Waals surface area contributed by atoms with E-state index in [2.05, 4.69) is 4.74 Å². The molecule has 1 fully saturated rings. The number of hydrogen-bond acceptors (Lipinski definition) is 3. The average molecular weight is 340 g/mol. The van der Waals surface area contributed by atoms with E-state index in [1.807, 2.05) is 11.0 Å². The Morgan fingerprint density at radius 2 is 2.04 bits per heavy atom. The topological polar surface area (TPSA) is 55.6 Å². The number of carbonyl (C=O) groups is 1. The van der Waals surface area contributed by atoms with E-state index >= 15 is 0 Å². The third kappa shape index (κ3) is 6.83. The first-order valence-corrected chi connectivity index (χ1v) is 8.57. The highest BCUT2D eigenvalue weighted by atomic mass is 19.3. The summed E-state index contributed by atoms with van der Waals surface area (Å²) in [5, 5.41) is 0. The third-order valence-electron chi connectivity index (χ3n) is 4.49. The van der Waals surface area contributed by atoms with Gasteiger partial charge in [-0.25, -0.2) is 0 Å². The van der Waals surface area contributed by atoms with Crippen LogP contribution in [-0.4, -0.2) is 30.5 Å². The van der Waals surface area contributed by atoms with Crippen molar-refractivity contribution in [2.75, 3.05) is 13.1 Å². The Morgan fingerprint density at radius 3 is 2.71 bits per heavy atom. The summed E-state index contributed by atoms with van der Waals surface area (Å²) in [4.78, 5) is 13.3. The second kappa shape index (κ2) is 9.57. The minimum Gasteiger partial charge on any atom is -0.435 e. The molecule has 134 valence electrons. The molecule has 0 saturated heterocycles. The highest BCUT2D eigenvalue weighted by Crippen LogP contribution is 2.26. The van der Waals surface area contributed by atoms with Crippen LogP contribution in [0.15, 0.2) is 24.3 Å². The van der Waals surface area contributed by atoms with E-state index in [1.165, 1.54) is 38.2 Å². The van der Waals surface area contributed by atoms with Crippen molar-refractivity contribution in [3.05, 3.63) is 29.8 Å². The molecule has 0 unspecified atom stereocenters. The number of halogens is 2. The number of benzene rings is 1. The maximum Gasteiger partial charge on any atom is 0.387 e. The Bertz CT molecular complexity index is 519. The Balaban J connectivity index is 1.93. The van der Waals surface area contributed by atoms with E-state index in [1.54, 1.807) is 12.1 Å². The highest BCUT2D eigenvalue weighted by molar-refractivity contribution is 5.75. The van der Waals surface area contributed by atoms with Crippen LogP contribution in [0.5, 0.6) is 5.75 Å². The molecule has 0 bridgehead atoms. The number of carbonyl (C=O) groups excluding carboxylic acids is 1. The Morgan fingerprint density at radius 1 is 1.29 bits per heavy atom. The van der Waals surface area contributed by atoms with Crippen LogP contribution >= 0.6 is 0 Å². The first kappa shape index (κ1) is 18.6. The van der Waals surface area contributed by atoms with Gasteiger partial charge in [-0.1, -0.05) is 44.2 Å². The van der Waals surface area contributed by atoms with E-state index in [-0.39, 0.29) is 18.2 Å². The van der Waals surface area contributed by atoms with Gasteiger partial charge in [-0.2, -0.15) is 8.78 Å². The van der Waals surface area contributed by atoms with E-state index < -0.39 is 6.61 Å². The first-order valence-electron chi connectivity index (χ1n) is 8.57. The van der Waals surface area contributed by atoms with Crippen LogP contribution in [0.2, 0.25) is 0 Å². The number of nitrogens with zero attached hydrogens (tertiary/aromatic N) is 1. The number of amides is 1. The number of hydrogen-bond donors (Lipinski definition) is 1. The molecule has 0 aromatic heterocycles. The molecular formula is C18H26F2N2O2. The van der Waals surface area contributed by atoms with Crippen molar-refractivity contribution in [1.82, 2.24) is 4.90 Å². The fourth-order valence-corrected chi connectivity index (χ4v) is 3.35. The molecule has 1 aliphatic rings. The van der Waals surface area contributed by atoms with Crippen molar-refractivity contribution >= 4 is 5.91 Å². The predicted octanol–water partition coefficient (Wildman–Crippen LogP) is 3.55. The van der Waals surface area contributed by atoms with Gasteiger partial charge in [-0.05, 0) is 36.6 Å². The second-order valence-electron chi connectivity index (χ2n) is 6.50. The second-order valence-corrected chi connectivity index (χ2v) is 6.50. The Labute approximate surface area is 142 Å². The summed E-state index contributed by atoms with van der Waals surface area (Å²) in [6.07, 6.45) is 7.43. The molecule has 4 nitrogen and oxygen atoms in total. The minimum atomic E-state index is -2.84. The molecule has 0 aliphatic heterocycles. The molecule has 1 saturated carbocycles. The largest absolute Gasteiger partial charge is 0.435 e. The van der Waals surface area contributed by atoms with Gasteiger partial charge in [-0.15, -0.1) is 0 Å². The lowest BCUT2D eigenvalue weighted by molar-refractivity contribution is -0.119. The predicted molar refractivity (Wildman–Crippen MR) is 88.7 cm³/mol. The molecule has 1 aromatic carbocycles. The van der Waals surface area contributed by atoms with Crippen molar-refractivity contribution in [1.29, 1.82) is 0 Å². The van der Waals surface area contributed by atoms with Gasteiger partial charge in [0.2, 0.25) is 5.91 Å². The fourth-order valence-electron chi connectivity index (χ4n) is 3.35. The minimum absolute atomic E-state index is 0.133. The van der Waals surface area contributed by atoms with Crippen molar-refractivity contribution in [2.24, 2.45) is 11.7 Å². The molecular weight excluding hydrogens is 314 g/mol. The first-order chi connectivity index (χ1) is 11.5. The smallest absolute Gasteiger partial charge is 0.387 e. The molecule has 0 radical (unpaired) electrons. The molecule has 24 heavy (non-hydrogen) atoms. The lowest BCUT2D eigenvalue weighted by Gasteiger charge is -2.26. The van der Waals surface area contributed by atoms with Gasteiger partial charge in [0.1, 0.15) is 5.75 Å². The number of rotatable bonds is 9. The highest BCUT2D eigenvalue weighted by Gasteiger charge is 2.16. The number of primary amides is 1. The van der Waals surface area contributed by atoms with Gasteiger partial charge in [0.25, 0.3) is 0 Å². The molecule has 0 heterocycles. The van der Waals surface area contributed by atoms with Gasteiger partial charge >= 0.3 is 6.61 Å². The maximum atomic E-state index is 12.3. The standard InChI is InChI=1S/C18H26F2N2O2/c19-18(20)24-16-8-4-7-15(11-16)12-22(13-17(21)23)10-9-14-5-2-1-3-6-14/h4,7-8,11,14,18H,1-3,5-6,9-10,12-13H2,(H2,21,23). The van der Waals surface area contributed by atoms with Gasteiger partial charge < -0.3 is 10.5 Å². The molecule has 1 aliphatic carbocycles. The van der Waals surface area contributed by atoms with Crippen LogP contribution in [-0.2, 0) is 11.3 Å². The monoisotopic (exact) mass is 340 g/mol. The summed E-state index contributed by atoms with van der Waals surface area (Å²) in [6.45, 7) is -1.38. The van der Waals surface area contributed by atoms with Gasteiger partial charge in [-0.3, -0.25) is 9.69 Å². The average Bonchev–Trinajstić information content (AvgIpc) is 2.53. The van der Waals surface area contributed by atoms with Crippen molar-refractivity contribution in [3.63, 3.8) is 0 Å². The van der Waals surface area contributed by atoms with Crippen molar-refractivity contribution < 1.29 is 18.3 Å². The van der Waals surface area contributed by atoms with Gasteiger partial charge in [0, 0.05) is 6.54 Å². The Hall–Kier alpha value is -1.69. The van der Waals surface area contributed by atoms with E-state index in [0.29, 0.717) is 12.5 Å². The summed E-state index contributed by atoms with van der Waals surface area (Å²) >= 11 is 0. The lowest BCUT2D eigenvalue weighted by Crippen LogP contribution is -2.35. The molecule has 1 aromatic rings. The van der Waals surface area contributed by atoms with Gasteiger partial charge in [0.05, 0.1) is 6.54 Å². The zero-order valence-electron chi connectivity index (χ0n) is 13.9. The number of alkyl halides is 2. The molecule has 0 spiro atoms. The SMILES string of the molecule is NC(=O)CN(CCC1CCCCC1)Cc1cccc(OC(F)F)c1. The maximum absolute atomic E-state index is 12.3. The van der Waals surface area contributed by atoms with Crippen molar-refractivity contribution in [2.45, 2.75) is 51.7 Å². The molecule has 1 amide bonds. The molecule has 2 N–H and O–H groups in total. The van der Waals surface area contributed by atoms with E-state index in [0.717, 1.165) is 18.5 Å². The summed E-state index contributed by atoms with van der Waals surface area (Å²) in [5.41, 5.74) is 6.18. The quantitative estimate of drug-likeness (QED) is 0.748. The normalized spacial score (nSPS) is 15.8. The lowest BCUT2D eigenvalue weighted by atomic mass is 9.87. The van der Waals surface area contributed by atoms with E-state index in [4.69, 9.17) is 5.73 Å². The van der Waals surface area contributed by atoms with Crippen molar-refractivity contribution in [3.8, 4) is 5.75 Å². The van der Waals surface area contributed by atoms with Crippen LogP contribution in [0.1, 0.15) is 44.1 Å². The third-order valence-corrected chi connectivity index (χ3v) is 4.49. The van der Waals surface area contributed by atoms with Crippen LogP contribution in [0.4, 0.5) is 8.78 Å². The summed E-state index contributed by atoms with van der Waals surface area (Å²) in [7, 11) is 0. The fraction of sp³-hybridized carbons (Fsp3) is 0.611. The molecule has 0 atom stereocenters.